The van der Waals surface area contributed by atoms with Gasteiger partial charge < -0.3 is 10.2 Å². The second-order valence-corrected chi connectivity index (χ2v) is 8.91. The quantitative estimate of drug-likeness (QED) is 0.906. The zero-order valence-electron chi connectivity index (χ0n) is 13.9. The van der Waals surface area contributed by atoms with Gasteiger partial charge in [0.05, 0.1) is 5.69 Å². The Morgan fingerprint density at radius 2 is 1.86 bits per heavy atom. The number of thiazole rings is 1. The third kappa shape index (κ3) is 3.98. The largest absolute Gasteiger partial charge is 0.348 e. The molecule has 4 heteroatoms. The predicted molar refractivity (Wildman–Crippen MR) is 91.3 cm³/mol. The van der Waals surface area contributed by atoms with Crippen molar-refractivity contribution in [2.45, 2.75) is 71.4 Å². The SMILES string of the molecule is CC1CCN(c2nc(C3CC3)c(CNC(C)(C)C)s2)CC1. The molecule has 1 aliphatic heterocycles. The van der Waals surface area contributed by atoms with Gasteiger partial charge in [0.25, 0.3) is 0 Å². The summed E-state index contributed by atoms with van der Waals surface area (Å²) in [6, 6.07) is 0. The molecule has 1 aromatic heterocycles. The molecule has 0 aromatic carbocycles. The molecule has 118 valence electrons. The third-order valence-electron chi connectivity index (χ3n) is 4.51. The number of nitrogens with zero attached hydrogens (tertiary/aromatic N) is 2. The van der Waals surface area contributed by atoms with Gasteiger partial charge in [0.1, 0.15) is 0 Å². The van der Waals surface area contributed by atoms with Crippen LogP contribution in [0.3, 0.4) is 0 Å². The Bertz CT molecular complexity index is 477. The van der Waals surface area contributed by atoms with E-state index in [1.165, 1.54) is 54.5 Å². The van der Waals surface area contributed by atoms with Crippen molar-refractivity contribution in [2.75, 3.05) is 18.0 Å². The standard InChI is InChI=1S/C17H29N3S/c1-12-7-9-20(10-8-12)16-19-15(13-5-6-13)14(21-16)11-18-17(2,3)4/h12-13,18H,5-11H2,1-4H3. The fourth-order valence-corrected chi connectivity index (χ4v) is 3.97. The van der Waals surface area contributed by atoms with Crippen LogP contribution in [0.4, 0.5) is 5.13 Å². The second kappa shape index (κ2) is 5.88. The maximum absolute atomic E-state index is 5.03. The van der Waals surface area contributed by atoms with E-state index in [1.807, 2.05) is 11.3 Å². The molecule has 2 aliphatic rings. The van der Waals surface area contributed by atoms with E-state index in [-0.39, 0.29) is 5.54 Å². The minimum absolute atomic E-state index is 0.172. The van der Waals surface area contributed by atoms with Crippen LogP contribution < -0.4 is 10.2 Å². The van der Waals surface area contributed by atoms with Gasteiger partial charge in [-0.25, -0.2) is 4.98 Å². The molecule has 2 heterocycles. The highest BCUT2D eigenvalue weighted by molar-refractivity contribution is 7.15. The molecule has 3 nitrogen and oxygen atoms in total. The van der Waals surface area contributed by atoms with E-state index in [0.717, 1.165) is 18.4 Å². The first-order chi connectivity index (χ1) is 9.92. The maximum Gasteiger partial charge on any atom is 0.185 e. The van der Waals surface area contributed by atoms with Crippen LogP contribution >= 0.6 is 11.3 Å². The van der Waals surface area contributed by atoms with Crippen molar-refractivity contribution in [3.63, 3.8) is 0 Å². The zero-order chi connectivity index (χ0) is 15.0. The Morgan fingerprint density at radius 1 is 1.19 bits per heavy atom. The highest BCUT2D eigenvalue weighted by Crippen LogP contribution is 2.44. The normalized spacial score (nSPS) is 21.0. The van der Waals surface area contributed by atoms with E-state index in [1.54, 1.807) is 0 Å². The molecule has 0 spiro atoms. The average molecular weight is 308 g/mol. The number of aromatic nitrogens is 1. The van der Waals surface area contributed by atoms with Crippen LogP contribution in [0.5, 0.6) is 0 Å². The second-order valence-electron chi connectivity index (χ2n) is 7.85. The Morgan fingerprint density at radius 3 is 2.43 bits per heavy atom. The lowest BCUT2D eigenvalue weighted by molar-refractivity contribution is 0.425. The van der Waals surface area contributed by atoms with E-state index in [4.69, 9.17) is 4.98 Å². The van der Waals surface area contributed by atoms with Crippen LogP contribution in [0.15, 0.2) is 0 Å². The van der Waals surface area contributed by atoms with Gasteiger partial charge in [-0.15, -0.1) is 11.3 Å². The lowest BCUT2D eigenvalue weighted by Gasteiger charge is -2.29. The Hall–Kier alpha value is -0.610. The van der Waals surface area contributed by atoms with E-state index in [2.05, 4.69) is 37.9 Å². The fraction of sp³-hybridized carbons (Fsp3) is 0.824. The molecule has 1 saturated carbocycles. The van der Waals surface area contributed by atoms with E-state index < -0.39 is 0 Å². The van der Waals surface area contributed by atoms with Crippen LogP contribution in [0.2, 0.25) is 0 Å². The first-order valence-corrected chi connectivity index (χ1v) is 9.23. The van der Waals surface area contributed by atoms with Gasteiger partial charge >= 0.3 is 0 Å². The molecular formula is C17H29N3S. The smallest absolute Gasteiger partial charge is 0.185 e. The molecule has 0 amide bonds. The number of hydrogen-bond acceptors (Lipinski definition) is 4. The maximum atomic E-state index is 5.03. The fourth-order valence-electron chi connectivity index (χ4n) is 2.83. The first-order valence-electron chi connectivity index (χ1n) is 8.42. The van der Waals surface area contributed by atoms with Gasteiger partial charge in [0.15, 0.2) is 5.13 Å². The molecule has 0 bridgehead atoms. The van der Waals surface area contributed by atoms with Crippen molar-refractivity contribution in [1.82, 2.24) is 10.3 Å². The molecule has 3 rings (SSSR count). The summed E-state index contributed by atoms with van der Waals surface area (Å²) in [4.78, 5) is 9.01. The molecule has 0 atom stereocenters. The van der Waals surface area contributed by atoms with Crippen LogP contribution in [0, 0.1) is 5.92 Å². The lowest BCUT2D eigenvalue weighted by Crippen LogP contribution is -2.35. The average Bonchev–Trinajstić information content (AvgIpc) is 3.17. The van der Waals surface area contributed by atoms with Crippen molar-refractivity contribution >= 4 is 16.5 Å². The van der Waals surface area contributed by atoms with Crippen molar-refractivity contribution in [2.24, 2.45) is 5.92 Å². The van der Waals surface area contributed by atoms with E-state index in [9.17, 15) is 0 Å². The van der Waals surface area contributed by atoms with Gasteiger partial charge in [-0.2, -0.15) is 0 Å². The van der Waals surface area contributed by atoms with Crippen LogP contribution in [0.25, 0.3) is 0 Å². The summed E-state index contributed by atoms with van der Waals surface area (Å²) in [5, 5.41) is 4.91. The van der Waals surface area contributed by atoms with Crippen LogP contribution in [-0.4, -0.2) is 23.6 Å². The van der Waals surface area contributed by atoms with Gasteiger partial charge in [-0.05, 0) is 52.4 Å². The molecule has 1 N–H and O–H groups in total. The minimum Gasteiger partial charge on any atom is -0.348 e. The summed E-state index contributed by atoms with van der Waals surface area (Å²) < 4.78 is 0. The number of hydrogen-bond donors (Lipinski definition) is 1. The zero-order valence-corrected chi connectivity index (χ0v) is 14.7. The molecule has 21 heavy (non-hydrogen) atoms. The molecule has 1 saturated heterocycles. The van der Waals surface area contributed by atoms with E-state index >= 15 is 0 Å². The monoisotopic (exact) mass is 307 g/mol. The Balaban J connectivity index is 1.73. The van der Waals surface area contributed by atoms with Gasteiger partial charge in [0, 0.05) is 36.0 Å². The van der Waals surface area contributed by atoms with E-state index in [0.29, 0.717) is 0 Å². The van der Waals surface area contributed by atoms with Crippen LogP contribution in [0.1, 0.15) is 69.9 Å². The molecule has 1 aromatic rings. The summed E-state index contributed by atoms with van der Waals surface area (Å²) in [6.45, 7) is 12.4. The van der Waals surface area contributed by atoms with Gasteiger partial charge in [-0.3, -0.25) is 0 Å². The molecule has 0 radical (unpaired) electrons. The highest BCUT2D eigenvalue weighted by Gasteiger charge is 2.31. The van der Waals surface area contributed by atoms with Crippen molar-refractivity contribution in [3.05, 3.63) is 10.6 Å². The number of anilines is 1. The van der Waals surface area contributed by atoms with Crippen molar-refractivity contribution < 1.29 is 0 Å². The summed E-state index contributed by atoms with van der Waals surface area (Å²) in [7, 11) is 0. The predicted octanol–water partition coefficient (Wildman–Crippen LogP) is 4.14. The third-order valence-corrected chi connectivity index (χ3v) is 5.65. The molecule has 1 aliphatic carbocycles. The topological polar surface area (TPSA) is 28.2 Å². The molecular weight excluding hydrogens is 278 g/mol. The summed E-state index contributed by atoms with van der Waals surface area (Å²) in [5.74, 6) is 1.63. The van der Waals surface area contributed by atoms with Gasteiger partial charge in [-0.1, -0.05) is 6.92 Å². The molecule has 0 unspecified atom stereocenters. The lowest BCUT2D eigenvalue weighted by atomic mass is 10.00. The number of nitrogens with one attached hydrogen (secondary N) is 1. The first kappa shape index (κ1) is 15.3. The van der Waals surface area contributed by atoms with Crippen molar-refractivity contribution in [1.29, 1.82) is 0 Å². The summed E-state index contributed by atoms with van der Waals surface area (Å²) in [5.41, 5.74) is 1.57. The number of rotatable bonds is 4. The van der Waals surface area contributed by atoms with Crippen molar-refractivity contribution in [3.8, 4) is 0 Å². The Kier molecular flexibility index (Phi) is 4.28. The summed E-state index contributed by atoms with van der Waals surface area (Å²) >= 11 is 1.93. The van der Waals surface area contributed by atoms with Crippen LogP contribution in [-0.2, 0) is 6.54 Å². The minimum atomic E-state index is 0.172. The Labute approximate surface area is 133 Å². The number of piperidine rings is 1. The molecule has 2 fully saturated rings. The highest BCUT2D eigenvalue weighted by atomic mass is 32.1. The van der Waals surface area contributed by atoms with Gasteiger partial charge in [0.2, 0.25) is 0 Å². The summed E-state index contributed by atoms with van der Waals surface area (Å²) in [6.07, 6.45) is 5.30.